The van der Waals surface area contributed by atoms with Crippen LogP contribution in [0.15, 0.2) is 48.5 Å². The molecule has 1 heterocycles. The molecular weight excluding hydrogens is 322 g/mol. The number of nitrogens with zero attached hydrogens (tertiary/aromatic N) is 2. The van der Waals surface area contributed by atoms with Crippen LogP contribution in [0.3, 0.4) is 0 Å². The molecule has 3 rings (SSSR count). The molecule has 0 bridgehead atoms. The molecule has 7 heteroatoms. The number of nitro benzene ring substituents is 1. The van der Waals surface area contributed by atoms with Crippen LogP contribution in [0, 0.1) is 10.1 Å². The van der Waals surface area contributed by atoms with E-state index in [-0.39, 0.29) is 24.0 Å². The van der Waals surface area contributed by atoms with Gasteiger partial charge in [-0.25, -0.2) is 0 Å². The average Bonchev–Trinajstić information content (AvgIpc) is 3.15. The van der Waals surface area contributed by atoms with Gasteiger partial charge in [-0.3, -0.25) is 14.9 Å². The molecule has 1 fully saturated rings. The minimum absolute atomic E-state index is 0.0720. The van der Waals surface area contributed by atoms with E-state index in [0.29, 0.717) is 0 Å². The molecule has 0 spiro atoms. The summed E-state index contributed by atoms with van der Waals surface area (Å²) in [4.78, 5) is 24.7. The van der Waals surface area contributed by atoms with Crippen LogP contribution in [0.4, 0.5) is 17.1 Å². The molecule has 1 saturated heterocycles. The second-order valence-electron chi connectivity index (χ2n) is 5.80. The van der Waals surface area contributed by atoms with E-state index in [0.717, 1.165) is 37.3 Å². The van der Waals surface area contributed by atoms with Crippen molar-refractivity contribution in [3.63, 3.8) is 0 Å². The summed E-state index contributed by atoms with van der Waals surface area (Å²) in [6.07, 6.45) is 2.30. The molecule has 0 aliphatic carbocycles. The van der Waals surface area contributed by atoms with Crippen molar-refractivity contribution < 1.29 is 14.5 Å². The van der Waals surface area contributed by atoms with Crippen molar-refractivity contribution in [2.75, 3.05) is 29.9 Å². The van der Waals surface area contributed by atoms with Crippen LogP contribution in [-0.4, -0.2) is 30.5 Å². The van der Waals surface area contributed by atoms with E-state index in [9.17, 15) is 14.9 Å². The van der Waals surface area contributed by atoms with Crippen molar-refractivity contribution in [1.29, 1.82) is 0 Å². The number of carbonyl (C=O) groups excluding carboxylic acids is 1. The number of hydrogen-bond acceptors (Lipinski definition) is 5. The maximum atomic E-state index is 12.2. The fourth-order valence-electron chi connectivity index (χ4n) is 2.84. The van der Waals surface area contributed by atoms with Gasteiger partial charge in [0.05, 0.1) is 22.4 Å². The number of carbonyl (C=O) groups is 1. The van der Waals surface area contributed by atoms with Crippen LogP contribution in [0.1, 0.15) is 12.8 Å². The highest BCUT2D eigenvalue weighted by Crippen LogP contribution is 2.28. The van der Waals surface area contributed by atoms with Gasteiger partial charge in [0.2, 0.25) is 0 Å². The Morgan fingerprint density at radius 2 is 1.92 bits per heavy atom. The Morgan fingerprint density at radius 1 is 1.16 bits per heavy atom. The van der Waals surface area contributed by atoms with Crippen molar-refractivity contribution in [2.45, 2.75) is 12.8 Å². The lowest BCUT2D eigenvalue weighted by molar-refractivity contribution is -0.384. The molecule has 0 saturated carbocycles. The Bertz CT molecular complexity index is 772. The minimum atomic E-state index is -0.501. The summed E-state index contributed by atoms with van der Waals surface area (Å²) in [6.45, 7) is 1.75. The standard InChI is InChI=1S/C18H19N3O4/c22-18(13-25-15-7-5-6-14(12-15)21(23)24)19-16-8-1-2-9-17(16)20-10-3-4-11-20/h1-2,5-9,12H,3-4,10-11,13H2,(H,19,22). The third kappa shape index (κ3) is 4.26. The summed E-state index contributed by atoms with van der Waals surface area (Å²) in [7, 11) is 0. The molecular formula is C18H19N3O4. The van der Waals surface area contributed by atoms with Gasteiger partial charge in [-0.1, -0.05) is 18.2 Å². The first-order valence-electron chi connectivity index (χ1n) is 8.14. The van der Waals surface area contributed by atoms with Crippen LogP contribution in [-0.2, 0) is 4.79 Å². The number of non-ortho nitro benzene ring substituents is 1. The number of nitro groups is 1. The average molecular weight is 341 g/mol. The van der Waals surface area contributed by atoms with Gasteiger partial charge in [-0.05, 0) is 31.0 Å². The number of hydrogen-bond donors (Lipinski definition) is 1. The lowest BCUT2D eigenvalue weighted by atomic mass is 10.2. The first-order chi connectivity index (χ1) is 12.1. The highest BCUT2D eigenvalue weighted by molar-refractivity contribution is 5.95. The fraction of sp³-hybridized carbons (Fsp3) is 0.278. The minimum Gasteiger partial charge on any atom is -0.484 e. The van der Waals surface area contributed by atoms with Crippen molar-refractivity contribution in [3.05, 3.63) is 58.6 Å². The van der Waals surface area contributed by atoms with Crippen molar-refractivity contribution in [3.8, 4) is 5.75 Å². The van der Waals surface area contributed by atoms with E-state index >= 15 is 0 Å². The molecule has 1 aliphatic rings. The largest absolute Gasteiger partial charge is 0.484 e. The summed E-state index contributed by atoms with van der Waals surface area (Å²) in [5, 5.41) is 13.6. The zero-order valence-electron chi connectivity index (χ0n) is 13.7. The Kier molecular flexibility index (Phi) is 5.13. The van der Waals surface area contributed by atoms with Gasteiger partial charge in [0.15, 0.2) is 6.61 Å². The quantitative estimate of drug-likeness (QED) is 0.644. The molecule has 1 amide bonds. The maximum Gasteiger partial charge on any atom is 0.273 e. The van der Waals surface area contributed by atoms with Crippen molar-refractivity contribution in [1.82, 2.24) is 0 Å². The molecule has 2 aromatic rings. The second kappa shape index (κ2) is 7.65. The predicted molar refractivity (Wildman–Crippen MR) is 95.1 cm³/mol. The first-order valence-corrected chi connectivity index (χ1v) is 8.14. The van der Waals surface area contributed by atoms with E-state index in [1.165, 1.54) is 18.2 Å². The smallest absolute Gasteiger partial charge is 0.273 e. The lowest BCUT2D eigenvalue weighted by Crippen LogP contribution is -2.24. The van der Waals surface area contributed by atoms with E-state index in [4.69, 9.17) is 4.74 Å². The Labute approximate surface area is 145 Å². The molecule has 1 aliphatic heterocycles. The van der Waals surface area contributed by atoms with Gasteiger partial charge >= 0.3 is 0 Å². The van der Waals surface area contributed by atoms with E-state index in [1.807, 2.05) is 24.3 Å². The molecule has 0 radical (unpaired) electrons. The zero-order chi connectivity index (χ0) is 17.6. The number of nitrogens with one attached hydrogen (secondary N) is 1. The molecule has 7 nitrogen and oxygen atoms in total. The van der Waals surface area contributed by atoms with Gasteiger partial charge in [-0.15, -0.1) is 0 Å². The highest BCUT2D eigenvalue weighted by Gasteiger charge is 2.16. The van der Waals surface area contributed by atoms with E-state index < -0.39 is 4.92 Å². The molecule has 0 unspecified atom stereocenters. The third-order valence-electron chi connectivity index (χ3n) is 4.02. The van der Waals surface area contributed by atoms with Crippen molar-refractivity contribution in [2.24, 2.45) is 0 Å². The molecule has 25 heavy (non-hydrogen) atoms. The number of amides is 1. The van der Waals surface area contributed by atoms with Gasteiger partial charge in [-0.2, -0.15) is 0 Å². The number of para-hydroxylation sites is 2. The molecule has 0 atom stereocenters. The molecule has 0 aromatic heterocycles. The number of ether oxygens (including phenoxy) is 1. The summed E-state index contributed by atoms with van der Waals surface area (Å²) in [6, 6.07) is 13.4. The molecule has 130 valence electrons. The van der Waals surface area contributed by atoms with Gasteiger partial charge < -0.3 is 15.0 Å². The lowest BCUT2D eigenvalue weighted by Gasteiger charge is -2.21. The second-order valence-corrected chi connectivity index (χ2v) is 5.80. The summed E-state index contributed by atoms with van der Waals surface area (Å²) < 4.78 is 5.37. The van der Waals surface area contributed by atoms with Gasteiger partial charge in [0.25, 0.3) is 11.6 Å². The Hall–Kier alpha value is -3.09. The van der Waals surface area contributed by atoms with Crippen LogP contribution in [0.5, 0.6) is 5.75 Å². The van der Waals surface area contributed by atoms with Crippen LogP contribution in [0.2, 0.25) is 0 Å². The zero-order valence-corrected chi connectivity index (χ0v) is 13.7. The van der Waals surface area contributed by atoms with Gasteiger partial charge in [0.1, 0.15) is 5.75 Å². The van der Waals surface area contributed by atoms with Crippen LogP contribution in [0.25, 0.3) is 0 Å². The Morgan fingerprint density at radius 3 is 2.68 bits per heavy atom. The summed E-state index contributed by atoms with van der Waals surface area (Å²) >= 11 is 0. The first kappa shape index (κ1) is 16.8. The number of anilines is 2. The SMILES string of the molecule is O=C(COc1cccc([N+](=O)[O-])c1)Nc1ccccc1N1CCCC1. The normalized spacial score (nSPS) is 13.5. The molecule has 1 N–H and O–H groups in total. The topological polar surface area (TPSA) is 84.7 Å². The monoisotopic (exact) mass is 341 g/mol. The molecule has 2 aromatic carbocycles. The fourth-order valence-corrected chi connectivity index (χ4v) is 2.84. The van der Waals surface area contributed by atoms with E-state index in [1.54, 1.807) is 6.07 Å². The number of benzene rings is 2. The Balaban J connectivity index is 1.61. The highest BCUT2D eigenvalue weighted by atomic mass is 16.6. The number of rotatable bonds is 6. The van der Waals surface area contributed by atoms with Crippen molar-refractivity contribution >= 4 is 23.0 Å². The van der Waals surface area contributed by atoms with Crippen LogP contribution < -0.4 is 15.0 Å². The van der Waals surface area contributed by atoms with E-state index in [2.05, 4.69) is 10.2 Å². The maximum absolute atomic E-state index is 12.2. The summed E-state index contributed by atoms with van der Waals surface area (Å²) in [5.41, 5.74) is 1.68. The van der Waals surface area contributed by atoms with Gasteiger partial charge in [0, 0.05) is 19.2 Å². The predicted octanol–water partition coefficient (Wildman–Crippen LogP) is 3.21. The van der Waals surface area contributed by atoms with Crippen LogP contribution >= 0.6 is 0 Å². The summed E-state index contributed by atoms with van der Waals surface area (Å²) in [5.74, 6) is -0.0182. The third-order valence-corrected chi connectivity index (χ3v) is 4.02.